The Morgan fingerprint density at radius 2 is 0.520 bits per heavy atom. The van der Waals surface area contributed by atoms with E-state index in [1.807, 2.05) is 0 Å². The average Bonchev–Trinajstić information content (AvgIpc) is 0.941. The highest BCUT2D eigenvalue weighted by Gasteiger charge is 2.30. The molecule has 3 N–H and O–H groups in total. The van der Waals surface area contributed by atoms with Crippen LogP contribution in [-0.4, -0.2) is 96.7 Å². The van der Waals surface area contributed by atoms with Crippen molar-refractivity contribution < 1.29 is 80.2 Å². The number of carbonyl (C=O) groups is 4. The van der Waals surface area contributed by atoms with Crippen molar-refractivity contribution in [3.63, 3.8) is 0 Å². The van der Waals surface area contributed by atoms with Gasteiger partial charge in [0.2, 0.25) is 0 Å². The Balaban J connectivity index is 5.25. The molecule has 0 aliphatic carbocycles. The molecule has 0 heterocycles. The van der Waals surface area contributed by atoms with Gasteiger partial charge in [-0.25, -0.2) is 9.13 Å². The van der Waals surface area contributed by atoms with Crippen LogP contribution < -0.4 is 0 Å². The lowest BCUT2D eigenvalue weighted by Crippen LogP contribution is -2.30. The maximum atomic E-state index is 13.1. The Bertz CT molecular complexity index is 1890. The summed E-state index contributed by atoms with van der Waals surface area (Å²) in [6, 6.07) is 0. The molecule has 0 aliphatic heterocycles. The van der Waals surface area contributed by atoms with Crippen LogP contribution in [0.2, 0.25) is 0 Å². The minimum absolute atomic E-state index is 0.107. The third-order valence-electron chi connectivity index (χ3n) is 18.8. The fraction of sp³-hybridized carbons (Fsp3) is 0.949. The minimum Gasteiger partial charge on any atom is -0.462 e. The summed E-state index contributed by atoms with van der Waals surface area (Å²) in [7, 11) is -9.92. The first kappa shape index (κ1) is 96.1. The first-order valence-corrected chi connectivity index (χ1v) is 44.0. The molecule has 0 saturated heterocycles. The van der Waals surface area contributed by atoms with Crippen molar-refractivity contribution in [3.05, 3.63) is 0 Å². The van der Waals surface area contributed by atoms with Crippen LogP contribution in [0, 0.1) is 11.8 Å². The van der Waals surface area contributed by atoms with Crippen molar-refractivity contribution in [1.29, 1.82) is 0 Å². The van der Waals surface area contributed by atoms with Gasteiger partial charge in [-0.2, -0.15) is 0 Å². The molecule has 0 aromatic heterocycles. The van der Waals surface area contributed by atoms with Crippen LogP contribution in [-0.2, 0) is 65.4 Å². The van der Waals surface area contributed by atoms with E-state index in [0.717, 1.165) is 102 Å². The number of hydrogen-bond acceptors (Lipinski definition) is 15. The van der Waals surface area contributed by atoms with Gasteiger partial charge >= 0.3 is 39.5 Å². The van der Waals surface area contributed by atoms with E-state index >= 15 is 0 Å². The molecule has 0 saturated carbocycles. The second-order valence-corrected chi connectivity index (χ2v) is 32.1. The van der Waals surface area contributed by atoms with Crippen LogP contribution in [0.5, 0.6) is 0 Å². The monoisotopic (exact) mass is 1440 g/mol. The molecule has 0 rings (SSSR count). The molecule has 0 spiro atoms. The molecule has 0 radical (unpaired) electrons. The van der Waals surface area contributed by atoms with E-state index in [1.165, 1.54) is 225 Å². The Hall–Kier alpha value is -1.94. The van der Waals surface area contributed by atoms with Gasteiger partial charge in [-0.1, -0.05) is 363 Å². The van der Waals surface area contributed by atoms with E-state index in [4.69, 9.17) is 37.0 Å². The summed E-state index contributed by atoms with van der Waals surface area (Å²) in [5.41, 5.74) is 0. The molecule has 0 aromatic rings. The number of carbonyl (C=O) groups excluding carboxylic acids is 4. The Morgan fingerprint density at radius 1 is 0.296 bits per heavy atom. The molecule has 0 aromatic carbocycles. The van der Waals surface area contributed by atoms with Gasteiger partial charge in [-0.3, -0.25) is 37.3 Å². The van der Waals surface area contributed by atoms with Gasteiger partial charge in [0.15, 0.2) is 12.2 Å². The van der Waals surface area contributed by atoms with E-state index in [2.05, 4.69) is 41.5 Å². The van der Waals surface area contributed by atoms with E-state index in [1.54, 1.807) is 0 Å². The number of esters is 4. The molecule has 98 heavy (non-hydrogen) atoms. The van der Waals surface area contributed by atoms with Crippen LogP contribution in [0.25, 0.3) is 0 Å². The molecule has 19 heteroatoms. The third-order valence-corrected chi connectivity index (χ3v) is 20.7. The number of aliphatic hydroxyl groups is 1. The van der Waals surface area contributed by atoms with Crippen molar-refractivity contribution in [2.75, 3.05) is 39.6 Å². The topological polar surface area (TPSA) is 237 Å². The van der Waals surface area contributed by atoms with Crippen LogP contribution in [0.3, 0.4) is 0 Å². The SMILES string of the molecule is CCCCCCCCCCCCCCCCCCC(=O)OC[C@H](COP(=O)(O)OC[C@@H](O)COP(=O)(O)OC[C@@H](COC(=O)CCCCCCCCCC(C)C)OC(=O)CCCCCCCCCCCCCCCC)OC(=O)CCCCCCCCCCCCCCCCC(C)CC. The highest BCUT2D eigenvalue weighted by atomic mass is 31.2. The Morgan fingerprint density at radius 3 is 0.776 bits per heavy atom. The summed E-state index contributed by atoms with van der Waals surface area (Å²) < 4.78 is 68.6. The molecule has 0 amide bonds. The molecule has 6 atom stereocenters. The zero-order chi connectivity index (χ0) is 72.1. The molecule has 0 aliphatic rings. The van der Waals surface area contributed by atoms with E-state index < -0.39 is 97.5 Å². The van der Waals surface area contributed by atoms with Crippen LogP contribution in [0.1, 0.15) is 414 Å². The third kappa shape index (κ3) is 71.1. The van der Waals surface area contributed by atoms with Crippen molar-refractivity contribution in [3.8, 4) is 0 Å². The minimum atomic E-state index is -4.96. The highest BCUT2D eigenvalue weighted by Crippen LogP contribution is 2.45. The van der Waals surface area contributed by atoms with Gasteiger partial charge in [-0.05, 0) is 37.5 Å². The van der Waals surface area contributed by atoms with Gasteiger partial charge in [0.1, 0.15) is 19.3 Å². The van der Waals surface area contributed by atoms with Gasteiger partial charge in [0.25, 0.3) is 0 Å². The summed E-state index contributed by atoms with van der Waals surface area (Å²) in [5.74, 6) is -0.559. The smallest absolute Gasteiger partial charge is 0.462 e. The lowest BCUT2D eigenvalue weighted by molar-refractivity contribution is -0.161. The molecule has 17 nitrogen and oxygen atoms in total. The normalized spacial score (nSPS) is 14.2. The summed E-state index contributed by atoms with van der Waals surface area (Å²) in [6.45, 7) is 9.63. The van der Waals surface area contributed by atoms with Crippen molar-refractivity contribution in [2.45, 2.75) is 432 Å². The summed E-state index contributed by atoms with van der Waals surface area (Å²) in [5, 5.41) is 10.6. The number of hydrogen-bond donors (Lipinski definition) is 3. The Kier molecular flexibility index (Phi) is 69.3. The zero-order valence-electron chi connectivity index (χ0n) is 64.1. The van der Waals surface area contributed by atoms with Gasteiger partial charge in [0.05, 0.1) is 26.4 Å². The summed E-state index contributed by atoms with van der Waals surface area (Å²) in [6.07, 6.45) is 59.6. The fourth-order valence-corrected chi connectivity index (χ4v) is 13.7. The fourth-order valence-electron chi connectivity index (χ4n) is 12.2. The zero-order valence-corrected chi connectivity index (χ0v) is 65.9. The van der Waals surface area contributed by atoms with E-state index in [-0.39, 0.29) is 25.7 Å². The average molecular weight is 1440 g/mol. The van der Waals surface area contributed by atoms with Crippen molar-refractivity contribution in [1.82, 2.24) is 0 Å². The van der Waals surface area contributed by atoms with Gasteiger partial charge in [-0.15, -0.1) is 0 Å². The van der Waals surface area contributed by atoms with Crippen LogP contribution >= 0.6 is 15.6 Å². The second-order valence-electron chi connectivity index (χ2n) is 29.2. The molecule has 0 bridgehead atoms. The first-order valence-electron chi connectivity index (χ1n) is 41.0. The molecule has 0 fully saturated rings. The van der Waals surface area contributed by atoms with Crippen LogP contribution in [0.4, 0.5) is 0 Å². The Labute approximate surface area is 600 Å². The standard InChI is InChI=1S/C79H154O17P2/c1-7-10-12-14-16-18-20-22-24-25-30-33-37-43-49-55-61-76(81)89-67-74(95-78(83)64-58-52-45-39-35-31-27-26-28-32-36-42-48-54-60-72(6)9-3)69-93-97(85,86)91-65-73(80)66-92-98(87,88)94-70-75(68-90-77(82)62-56-50-46-40-41-47-53-59-71(4)5)96-79(84)63-57-51-44-38-34-29-23-21-19-17-15-13-11-8-2/h71-75,80H,7-70H2,1-6H3,(H,85,86)(H,87,88)/t72?,73-,74-,75-/m1/s1. The van der Waals surface area contributed by atoms with E-state index in [9.17, 15) is 43.2 Å². The number of phosphoric ester groups is 2. The summed E-state index contributed by atoms with van der Waals surface area (Å²) in [4.78, 5) is 72.9. The molecular weight excluding hydrogens is 1280 g/mol. The largest absolute Gasteiger partial charge is 0.472 e. The van der Waals surface area contributed by atoms with E-state index in [0.29, 0.717) is 31.6 Å². The van der Waals surface area contributed by atoms with Crippen LogP contribution in [0.15, 0.2) is 0 Å². The predicted octanol–water partition coefficient (Wildman–Crippen LogP) is 23.5. The molecule has 3 unspecified atom stereocenters. The number of rotatable bonds is 78. The van der Waals surface area contributed by atoms with Crippen molar-refractivity contribution >= 4 is 39.5 Å². The van der Waals surface area contributed by atoms with Gasteiger partial charge < -0.3 is 33.8 Å². The maximum Gasteiger partial charge on any atom is 0.472 e. The lowest BCUT2D eigenvalue weighted by atomic mass is 9.99. The molecular formula is C79H154O17P2. The predicted molar refractivity (Wildman–Crippen MR) is 400 cm³/mol. The van der Waals surface area contributed by atoms with Crippen molar-refractivity contribution in [2.24, 2.45) is 11.8 Å². The number of ether oxygens (including phenoxy) is 4. The maximum absolute atomic E-state index is 13.1. The first-order chi connectivity index (χ1) is 47.4. The highest BCUT2D eigenvalue weighted by molar-refractivity contribution is 7.47. The molecule has 582 valence electrons. The quantitative estimate of drug-likeness (QED) is 0.0222. The number of aliphatic hydroxyl groups excluding tert-OH is 1. The summed E-state index contributed by atoms with van der Waals surface area (Å²) >= 11 is 0. The number of unbranched alkanes of at least 4 members (excludes halogenated alkanes) is 47. The lowest BCUT2D eigenvalue weighted by Gasteiger charge is -2.21. The van der Waals surface area contributed by atoms with Gasteiger partial charge in [0, 0.05) is 25.7 Å². The second kappa shape index (κ2) is 70.7. The number of phosphoric acid groups is 2.